The Bertz CT molecular complexity index is 417. The first-order valence-corrected chi connectivity index (χ1v) is 5.99. The van der Waals surface area contributed by atoms with Crippen molar-refractivity contribution in [2.24, 2.45) is 0 Å². The Morgan fingerprint density at radius 1 is 1.39 bits per heavy atom. The van der Waals surface area contributed by atoms with E-state index < -0.39 is 12.6 Å². The summed E-state index contributed by atoms with van der Waals surface area (Å²) >= 11 is 0. The summed E-state index contributed by atoms with van der Waals surface area (Å²) in [5.41, 5.74) is 2.39. The third-order valence-corrected chi connectivity index (χ3v) is 3.19. The summed E-state index contributed by atoms with van der Waals surface area (Å²) in [7, 11) is 1.91. The lowest BCUT2D eigenvalue weighted by Crippen LogP contribution is -2.13. The Hall–Kier alpha value is -1.23. The Morgan fingerprint density at radius 2 is 2.17 bits per heavy atom. The predicted molar refractivity (Wildman–Crippen MR) is 62.7 cm³/mol. The minimum absolute atomic E-state index is 0.322. The van der Waals surface area contributed by atoms with Crippen LogP contribution in [0.5, 0.6) is 5.75 Å². The molecule has 0 radical (unpaired) electrons. The number of rotatable bonds is 4. The highest BCUT2D eigenvalue weighted by Crippen LogP contribution is 2.33. The van der Waals surface area contributed by atoms with E-state index in [-0.39, 0.29) is 6.61 Å². The van der Waals surface area contributed by atoms with Gasteiger partial charge in [0.1, 0.15) is 5.75 Å². The first-order valence-electron chi connectivity index (χ1n) is 5.99. The quantitative estimate of drug-likeness (QED) is 0.896. The van der Waals surface area contributed by atoms with Gasteiger partial charge in [0, 0.05) is 6.04 Å². The van der Waals surface area contributed by atoms with E-state index in [1.54, 1.807) is 6.07 Å². The van der Waals surface area contributed by atoms with Crippen LogP contribution in [0.25, 0.3) is 0 Å². The number of hydrogen-bond acceptors (Lipinski definition) is 2. The Labute approximate surface area is 104 Å². The van der Waals surface area contributed by atoms with Crippen LogP contribution in [-0.2, 0) is 6.42 Å². The molecule has 1 N–H and O–H groups in total. The van der Waals surface area contributed by atoms with Gasteiger partial charge in [-0.3, -0.25) is 0 Å². The molecular weight excluding hydrogens is 243 g/mol. The molecule has 0 spiro atoms. The standard InChI is InChI=1S/C13H16F3NO/c1-17-12-5-2-9-8-10(3-4-11(9)12)18-7-6-13(14,15)16/h3-4,8,12,17H,2,5-7H2,1H3. The number of benzene rings is 1. The summed E-state index contributed by atoms with van der Waals surface area (Å²) in [4.78, 5) is 0. The molecule has 0 saturated heterocycles. The Kier molecular flexibility index (Phi) is 3.80. The SMILES string of the molecule is CNC1CCc2cc(OCCC(F)(F)F)ccc21. The summed E-state index contributed by atoms with van der Waals surface area (Å²) in [5, 5.41) is 3.21. The van der Waals surface area contributed by atoms with Crippen LogP contribution in [-0.4, -0.2) is 19.8 Å². The molecule has 2 nitrogen and oxygen atoms in total. The fourth-order valence-corrected chi connectivity index (χ4v) is 2.27. The third-order valence-electron chi connectivity index (χ3n) is 3.19. The lowest BCUT2D eigenvalue weighted by Gasteiger charge is -2.12. The molecule has 18 heavy (non-hydrogen) atoms. The van der Waals surface area contributed by atoms with Gasteiger partial charge in [-0.25, -0.2) is 0 Å². The molecule has 0 heterocycles. The van der Waals surface area contributed by atoms with E-state index in [1.807, 2.05) is 19.2 Å². The summed E-state index contributed by atoms with van der Waals surface area (Å²) in [6.07, 6.45) is -3.10. The molecule has 0 bridgehead atoms. The highest BCUT2D eigenvalue weighted by atomic mass is 19.4. The van der Waals surface area contributed by atoms with Crippen molar-refractivity contribution in [2.45, 2.75) is 31.5 Å². The van der Waals surface area contributed by atoms with Crippen molar-refractivity contribution < 1.29 is 17.9 Å². The van der Waals surface area contributed by atoms with E-state index >= 15 is 0 Å². The molecule has 1 aromatic rings. The summed E-state index contributed by atoms with van der Waals surface area (Å²) in [6, 6.07) is 5.88. The Balaban J connectivity index is 1.96. The van der Waals surface area contributed by atoms with Gasteiger partial charge in [0.25, 0.3) is 0 Å². The van der Waals surface area contributed by atoms with E-state index in [0.717, 1.165) is 12.8 Å². The molecule has 0 fully saturated rings. The Morgan fingerprint density at radius 3 is 2.83 bits per heavy atom. The van der Waals surface area contributed by atoms with E-state index in [9.17, 15) is 13.2 Å². The van der Waals surface area contributed by atoms with Crippen LogP contribution in [0.2, 0.25) is 0 Å². The van der Waals surface area contributed by atoms with Crippen LogP contribution < -0.4 is 10.1 Å². The number of alkyl halides is 3. The number of hydrogen-bond donors (Lipinski definition) is 1. The fraction of sp³-hybridized carbons (Fsp3) is 0.538. The number of nitrogens with one attached hydrogen (secondary N) is 1. The molecule has 2 rings (SSSR count). The zero-order chi connectivity index (χ0) is 13.2. The van der Waals surface area contributed by atoms with Crippen molar-refractivity contribution in [3.05, 3.63) is 29.3 Å². The van der Waals surface area contributed by atoms with Crippen LogP contribution in [0, 0.1) is 0 Å². The molecule has 1 unspecified atom stereocenters. The van der Waals surface area contributed by atoms with E-state index in [2.05, 4.69) is 5.32 Å². The maximum Gasteiger partial charge on any atom is 0.392 e. The first-order chi connectivity index (χ1) is 8.49. The monoisotopic (exact) mass is 259 g/mol. The van der Waals surface area contributed by atoms with Crippen LogP contribution in [0.3, 0.4) is 0 Å². The first kappa shape index (κ1) is 13.2. The average Bonchev–Trinajstić information content (AvgIpc) is 2.69. The number of aryl methyl sites for hydroxylation is 1. The molecule has 5 heteroatoms. The summed E-state index contributed by atoms with van der Waals surface area (Å²) in [5.74, 6) is 0.523. The van der Waals surface area contributed by atoms with Crippen molar-refractivity contribution in [2.75, 3.05) is 13.7 Å². The van der Waals surface area contributed by atoms with Gasteiger partial charge in [-0.1, -0.05) is 6.07 Å². The van der Waals surface area contributed by atoms with Crippen LogP contribution in [0.15, 0.2) is 18.2 Å². The van der Waals surface area contributed by atoms with Crippen molar-refractivity contribution in [1.29, 1.82) is 0 Å². The molecule has 1 atom stereocenters. The van der Waals surface area contributed by atoms with Crippen molar-refractivity contribution in [3.63, 3.8) is 0 Å². The highest BCUT2D eigenvalue weighted by molar-refractivity contribution is 5.40. The predicted octanol–water partition coefficient (Wildman–Crippen LogP) is 3.22. The molecule has 0 amide bonds. The minimum atomic E-state index is -4.16. The second-order valence-electron chi connectivity index (χ2n) is 4.45. The van der Waals surface area contributed by atoms with Gasteiger partial charge in [-0.15, -0.1) is 0 Å². The van der Waals surface area contributed by atoms with Crippen molar-refractivity contribution >= 4 is 0 Å². The van der Waals surface area contributed by atoms with Gasteiger partial charge in [-0.05, 0) is 43.1 Å². The molecule has 1 aliphatic carbocycles. The van der Waals surface area contributed by atoms with Gasteiger partial charge >= 0.3 is 6.18 Å². The van der Waals surface area contributed by atoms with Gasteiger partial charge in [0.2, 0.25) is 0 Å². The van der Waals surface area contributed by atoms with Gasteiger partial charge < -0.3 is 10.1 Å². The highest BCUT2D eigenvalue weighted by Gasteiger charge is 2.27. The molecular formula is C13H16F3NO. The third kappa shape index (κ3) is 3.16. The second-order valence-corrected chi connectivity index (χ2v) is 4.45. The number of halogens is 3. The molecule has 1 aliphatic rings. The van der Waals surface area contributed by atoms with Crippen molar-refractivity contribution in [3.8, 4) is 5.75 Å². The summed E-state index contributed by atoms with van der Waals surface area (Å²) < 4.78 is 41.1. The normalized spacial score (nSPS) is 18.8. The van der Waals surface area contributed by atoms with E-state index in [1.165, 1.54) is 11.1 Å². The fourth-order valence-electron chi connectivity index (χ4n) is 2.27. The van der Waals surface area contributed by atoms with Gasteiger partial charge in [0.05, 0.1) is 13.0 Å². The topological polar surface area (TPSA) is 21.3 Å². The van der Waals surface area contributed by atoms with Crippen LogP contribution in [0.4, 0.5) is 13.2 Å². The zero-order valence-electron chi connectivity index (χ0n) is 10.2. The van der Waals surface area contributed by atoms with Crippen LogP contribution in [0.1, 0.15) is 30.0 Å². The van der Waals surface area contributed by atoms with Crippen molar-refractivity contribution in [1.82, 2.24) is 5.32 Å². The number of ether oxygens (including phenoxy) is 1. The van der Waals surface area contributed by atoms with E-state index in [0.29, 0.717) is 11.8 Å². The summed E-state index contributed by atoms with van der Waals surface area (Å²) in [6.45, 7) is -0.322. The van der Waals surface area contributed by atoms with Gasteiger partial charge in [0.15, 0.2) is 0 Å². The average molecular weight is 259 g/mol. The lowest BCUT2D eigenvalue weighted by atomic mass is 10.1. The minimum Gasteiger partial charge on any atom is -0.493 e. The molecule has 0 aliphatic heterocycles. The zero-order valence-corrected chi connectivity index (χ0v) is 10.2. The van der Waals surface area contributed by atoms with E-state index in [4.69, 9.17) is 4.74 Å². The molecule has 1 aromatic carbocycles. The number of fused-ring (bicyclic) bond motifs is 1. The lowest BCUT2D eigenvalue weighted by molar-refractivity contribution is -0.139. The largest absolute Gasteiger partial charge is 0.493 e. The maximum atomic E-state index is 12.0. The van der Waals surface area contributed by atoms with Crippen LogP contribution >= 0.6 is 0 Å². The van der Waals surface area contributed by atoms with Gasteiger partial charge in [-0.2, -0.15) is 13.2 Å². The maximum absolute atomic E-state index is 12.0. The second kappa shape index (κ2) is 5.18. The molecule has 0 aromatic heterocycles. The smallest absolute Gasteiger partial charge is 0.392 e. The molecule has 0 saturated carbocycles. The molecule has 100 valence electrons.